The van der Waals surface area contributed by atoms with E-state index in [1.807, 2.05) is 0 Å². The lowest BCUT2D eigenvalue weighted by Gasteiger charge is -2.62. The molecule has 0 aliphatic heterocycles. The average molecular weight is 370 g/mol. The Labute approximate surface area is 141 Å². The van der Waals surface area contributed by atoms with Crippen LogP contribution >= 0.6 is 0 Å². The normalized spacial score (nSPS) is 34.9. The average Bonchev–Trinajstić information content (AvgIpc) is 2.39. The van der Waals surface area contributed by atoms with E-state index in [1.54, 1.807) is 0 Å². The van der Waals surface area contributed by atoms with E-state index in [2.05, 4.69) is 11.3 Å². The zero-order valence-corrected chi connectivity index (χ0v) is 13.8. The molecule has 4 aliphatic carbocycles. The molecule has 142 valence electrons. The van der Waals surface area contributed by atoms with Crippen molar-refractivity contribution in [2.45, 2.75) is 63.4 Å². The third-order valence-corrected chi connectivity index (χ3v) is 6.18. The van der Waals surface area contributed by atoms with Crippen molar-refractivity contribution >= 4 is 5.97 Å². The van der Waals surface area contributed by atoms with E-state index in [0.717, 1.165) is 6.92 Å². The molecule has 2 nitrogen and oxygen atoms in total. The van der Waals surface area contributed by atoms with Crippen LogP contribution in [0.4, 0.5) is 26.3 Å². The monoisotopic (exact) mass is 370 g/mol. The molecule has 0 heterocycles. The van der Waals surface area contributed by atoms with Gasteiger partial charge < -0.3 is 4.74 Å². The maximum atomic E-state index is 14.0. The van der Waals surface area contributed by atoms with E-state index < -0.39 is 34.9 Å². The fraction of sp³-hybridized carbons (Fsp3) is 0.824. The van der Waals surface area contributed by atoms with Crippen LogP contribution in [0.1, 0.15) is 45.4 Å². The molecule has 8 heteroatoms. The number of ether oxygens (including phenoxy) is 1. The van der Waals surface area contributed by atoms with Crippen LogP contribution < -0.4 is 0 Å². The van der Waals surface area contributed by atoms with Gasteiger partial charge in [0.15, 0.2) is 0 Å². The van der Waals surface area contributed by atoms with Gasteiger partial charge in [-0.05, 0) is 63.2 Å². The van der Waals surface area contributed by atoms with Gasteiger partial charge in [-0.15, -0.1) is 0 Å². The van der Waals surface area contributed by atoms with Crippen LogP contribution in [0, 0.1) is 23.2 Å². The highest BCUT2D eigenvalue weighted by molar-refractivity contribution is 5.87. The summed E-state index contributed by atoms with van der Waals surface area (Å²) in [7, 11) is 0. The molecule has 4 bridgehead atoms. The van der Waals surface area contributed by atoms with Crippen molar-refractivity contribution in [3.63, 3.8) is 0 Å². The second-order valence-corrected chi connectivity index (χ2v) is 8.04. The topological polar surface area (TPSA) is 26.3 Å². The van der Waals surface area contributed by atoms with Crippen molar-refractivity contribution in [1.82, 2.24) is 0 Å². The molecule has 0 saturated heterocycles. The van der Waals surface area contributed by atoms with Crippen LogP contribution in [0.2, 0.25) is 0 Å². The fourth-order valence-corrected chi connectivity index (χ4v) is 5.75. The maximum absolute atomic E-state index is 14.0. The summed E-state index contributed by atoms with van der Waals surface area (Å²) in [6.07, 6.45) is -10.1. The SMILES string of the molecule is C=C(C)C(=O)OC(C(F)(F)F)(C(F)(F)F)C12CC3CC(CC(C3)C1)C2. The summed E-state index contributed by atoms with van der Waals surface area (Å²) in [6, 6.07) is 0. The highest BCUT2D eigenvalue weighted by atomic mass is 19.4. The number of rotatable bonds is 3. The number of alkyl halides is 6. The van der Waals surface area contributed by atoms with Gasteiger partial charge in [-0.1, -0.05) is 6.58 Å². The van der Waals surface area contributed by atoms with Crippen molar-refractivity contribution in [2.24, 2.45) is 23.2 Å². The lowest BCUT2D eigenvalue weighted by molar-refractivity contribution is -0.416. The summed E-state index contributed by atoms with van der Waals surface area (Å²) in [4.78, 5) is 11.8. The molecule has 0 unspecified atom stereocenters. The van der Waals surface area contributed by atoms with Crippen LogP contribution in [-0.2, 0) is 9.53 Å². The molecule has 0 atom stereocenters. The van der Waals surface area contributed by atoms with E-state index in [4.69, 9.17) is 0 Å². The summed E-state index contributed by atoms with van der Waals surface area (Å²) < 4.78 is 88.2. The van der Waals surface area contributed by atoms with Crippen LogP contribution in [0.3, 0.4) is 0 Å². The molecule has 0 aromatic rings. The Kier molecular flexibility index (Phi) is 4.01. The second-order valence-electron chi connectivity index (χ2n) is 8.04. The zero-order valence-electron chi connectivity index (χ0n) is 13.8. The van der Waals surface area contributed by atoms with Gasteiger partial charge >= 0.3 is 23.9 Å². The number of esters is 1. The second kappa shape index (κ2) is 5.39. The molecule has 0 spiro atoms. The van der Waals surface area contributed by atoms with Crippen molar-refractivity contribution in [3.8, 4) is 0 Å². The molecule has 4 aliphatic rings. The molecular formula is C17H20F6O2. The van der Waals surface area contributed by atoms with Crippen LogP contribution in [0.25, 0.3) is 0 Å². The molecular weight excluding hydrogens is 350 g/mol. The Bertz CT molecular complexity index is 540. The number of carbonyl (C=O) groups is 1. The van der Waals surface area contributed by atoms with Gasteiger partial charge in [-0.3, -0.25) is 0 Å². The molecule has 0 N–H and O–H groups in total. The molecule has 0 aromatic heterocycles. The Morgan fingerprint density at radius 3 is 1.56 bits per heavy atom. The molecule has 4 fully saturated rings. The van der Waals surface area contributed by atoms with E-state index in [9.17, 15) is 31.1 Å². The molecule has 25 heavy (non-hydrogen) atoms. The summed E-state index contributed by atoms with van der Waals surface area (Å²) >= 11 is 0. The minimum Gasteiger partial charge on any atom is -0.435 e. The van der Waals surface area contributed by atoms with E-state index in [0.29, 0.717) is 19.3 Å². The number of hydrogen-bond donors (Lipinski definition) is 0. The third kappa shape index (κ3) is 2.58. The van der Waals surface area contributed by atoms with Gasteiger partial charge in [0, 0.05) is 11.0 Å². The summed E-state index contributed by atoms with van der Waals surface area (Å²) in [6.45, 7) is 4.18. The Morgan fingerprint density at radius 2 is 1.28 bits per heavy atom. The van der Waals surface area contributed by atoms with Crippen LogP contribution in [-0.4, -0.2) is 23.9 Å². The number of halogens is 6. The minimum absolute atomic E-state index is 0.168. The van der Waals surface area contributed by atoms with E-state index in [1.165, 1.54) is 0 Å². The largest absolute Gasteiger partial charge is 0.438 e. The molecule has 4 saturated carbocycles. The van der Waals surface area contributed by atoms with E-state index >= 15 is 0 Å². The Balaban J connectivity index is 2.16. The van der Waals surface area contributed by atoms with Crippen LogP contribution in [0.5, 0.6) is 0 Å². The quantitative estimate of drug-likeness (QED) is 0.388. The predicted molar refractivity (Wildman–Crippen MR) is 76.4 cm³/mol. The van der Waals surface area contributed by atoms with E-state index in [-0.39, 0.29) is 37.0 Å². The summed E-state index contributed by atoms with van der Waals surface area (Å²) in [5, 5.41) is 0. The molecule has 4 rings (SSSR count). The van der Waals surface area contributed by atoms with Crippen molar-refractivity contribution in [1.29, 1.82) is 0 Å². The predicted octanol–water partition coefficient (Wildman–Crippen LogP) is 5.19. The van der Waals surface area contributed by atoms with Gasteiger partial charge in [-0.2, -0.15) is 26.3 Å². The smallest absolute Gasteiger partial charge is 0.435 e. The summed E-state index contributed by atoms with van der Waals surface area (Å²) in [5.41, 5.74) is -7.09. The first-order valence-electron chi connectivity index (χ1n) is 8.33. The van der Waals surface area contributed by atoms with Crippen molar-refractivity contribution < 1.29 is 35.9 Å². The zero-order chi connectivity index (χ0) is 18.8. The highest BCUT2D eigenvalue weighted by Gasteiger charge is 2.84. The lowest BCUT2D eigenvalue weighted by Crippen LogP contribution is -2.72. The molecule has 0 radical (unpaired) electrons. The molecule has 0 amide bonds. The van der Waals surface area contributed by atoms with Gasteiger partial charge in [0.2, 0.25) is 0 Å². The highest BCUT2D eigenvalue weighted by Crippen LogP contribution is 2.70. The van der Waals surface area contributed by atoms with Crippen LogP contribution in [0.15, 0.2) is 12.2 Å². The molecule has 0 aromatic carbocycles. The maximum Gasteiger partial charge on any atom is 0.438 e. The van der Waals surface area contributed by atoms with Crippen molar-refractivity contribution in [2.75, 3.05) is 0 Å². The van der Waals surface area contributed by atoms with Gasteiger partial charge in [-0.25, -0.2) is 4.79 Å². The first kappa shape index (κ1) is 18.6. The third-order valence-electron chi connectivity index (χ3n) is 6.18. The Morgan fingerprint density at radius 1 is 0.920 bits per heavy atom. The Hall–Kier alpha value is -1.21. The van der Waals surface area contributed by atoms with Crippen molar-refractivity contribution in [3.05, 3.63) is 12.2 Å². The first-order valence-corrected chi connectivity index (χ1v) is 8.33. The first-order chi connectivity index (χ1) is 11.3. The number of hydrogen-bond acceptors (Lipinski definition) is 2. The number of carbonyl (C=O) groups excluding carboxylic acids is 1. The summed E-state index contributed by atoms with van der Waals surface area (Å²) in [5.74, 6) is -2.15. The van der Waals surface area contributed by atoms with Gasteiger partial charge in [0.1, 0.15) is 0 Å². The van der Waals surface area contributed by atoms with Gasteiger partial charge in [0.25, 0.3) is 0 Å². The standard InChI is InChI=1S/C17H20F6O2/c1-9(2)13(24)25-15(16(18,19)20,17(21,22)23)14-6-10-3-11(7-14)5-12(4-10)8-14/h10-12H,1,3-8H2,2H3. The lowest BCUT2D eigenvalue weighted by atomic mass is 9.45. The minimum atomic E-state index is -5.75. The van der Waals surface area contributed by atoms with Gasteiger partial charge in [0.05, 0.1) is 0 Å². The fourth-order valence-electron chi connectivity index (χ4n) is 5.75.